The summed E-state index contributed by atoms with van der Waals surface area (Å²) in [6.07, 6.45) is 2.59. The molecule has 1 heterocycles. The fraction of sp³-hybridized carbons (Fsp3) is 0.0556. The number of benzene rings is 2. The molecule has 0 fully saturated rings. The molecule has 3 aromatic rings. The maximum atomic E-state index is 13.2. The van der Waals surface area contributed by atoms with Crippen LogP contribution in [0.2, 0.25) is 5.02 Å². The lowest BCUT2D eigenvalue weighted by molar-refractivity contribution is 0.102. The molecule has 0 saturated heterocycles. The molecule has 0 spiro atoms. The molecule has 0 bridgehead atoms. The second-order valence-corrected chi connectivity index (χ2v) is 5.78. The minimum absolute atomic E-state index is 0.123. The van der Waals surface area contributed by atoms with Gasteiger partial charge >= 0.3 is 0 Å². The van der Waals surface area contributed by atoms with Gasteiger partial charge in [-0.3, -0.25) is 4.79 Å². The minimum atomic E-state index is -0.994. The number of hydrogen-bond donors (Lipinski definition) is 2. The van der Waals surface area contributed by atoms with Gasteiger partial charge in [-0.25, -0.2) is 18.7 Å². The highest BCUT2D eigenvalue weighted by molar-refractivity contribution is 6.31. The van der Waals surface area contributed by atoms with Crippen molar-refractivity contribution in [3.8, 4) is 5.75 Å². The Labute approximate surface area is 158 Å². The van der Waals surface area contributed by atoms with Crippen LogP contribution in [-0.2, 0) is 0 Å². The number of hydrogen-bond acceptors (Lipinski definition) is 5. The first kappa shape index (κ1) is 18.5. The average molecular weight is 391 g/mol. The Morgan fingerprint density at radius 3 is 2.48 bits per heavy atom. The number of anilines is 3. The van der Waals surface area contributed by atoms with Crippen LogP contribution in [0.1, 0.15) is 10.4 Å². The molecule has 0 saturated carbocycles. The molecule has 0 atom stereocenters. The Morgan fingerprint density at radius 1 is 1.07 bits per heavy atom. The Balaban J connectivity index is 1.72. The molecule has 0 radical (unpaired) electrons. The van der Waals surface area contributed by atoms with E-state index in [4.69, 9.17) is 16.3 Å². The molecule has 0 aliphatic heterocycles. The van der Waals surface area contributed by atoms with E-state index in [0.29, 0.717) is 16.5 Å². The summed E-state index contributed by atoms with van der Waals surface area (Å²) in [5, 5.41) is 5.82. The third-order valence-corrected chi connectivity index (χ3v) is 3.73. The molecule has 0 aliphatic rings. The summed E-state index contributed by atoms with van der Waals surface area (Å²) in [7, 11) is 1.47. The highest BCUT2D eigenvalue weighted by Crippen LogP contribution is 2.28. The predicted molar refractivity (Wildman–Crippen MR) is 97.6 cm³/mol. The maximum Gasteiger partial charge on any atom is 0.258 e. The second-order valence-electron chi connectivity index (χ2n) is 5.35. The van der Waals surface area contributed by atoms with Crippen LogP contribution < -0.4 is 15.4 Å². The van der Waals surface area contributed by atoms with Gasteiger partial charge in [0.25, 0.3) is 5.91 Å². The zero-order valence-electron chi connectivity index (χ0n) is 14.0. The topological polar surface area (TPSA) is 76.1 Å². The van der Waals surface area contributed by atoms with Gasteiger partial charge in [0.1, 0.15) is 5.75 Å². The van der Waals surface area contributed by atoms with Gasteiger partial charge in [0.2, 0.25) is 5.95 Å². The average Bonchev–Trinajstić information content (AvgIpc) is 2.65. The maximum absolute atomic E-state index is 13.2. The Hall–Kier alpha value is -3.26. The normalized spacial score (nSPS) is 10.4. The van der Waals surface area contributed by atoms with Crippen LogP contribution in [0, 0.1) is 11.6 Å². The van der Waals surface area contributed by atoms with E-state index in [0.717, 1.165) is 12.1 Å². The number of carbonyl (C=O) groups is 1. The molecule has 6 nitrogen and oxygen atoms in total. The van der Waals surface area contributed by atoms with Gasteiger partial charge in [0.05, 0.1) is 18.4 Å². The fourth-order valence-corrected chi connectivity index (χ4v) is 2.36. The third kappa shape index (κ3) is 4.48. The third-order valence-electron chi connectivity index (χ3n) is 3.50. The van der Waals surface area contributed by atoms with Crippen molar-refractivity contribution in [2.75, 3.05) is 17.7 Å². The standard InChI is InChI=1S/C18H13ClF2N4O2/c1-27-16-5-2-11(19)6-15(16)25-17(26)10-8-22-18(23-9-10)24-12-3-4-13(20)14(21)7-12/h2-9H,1H3,(H,25,26)(H,22,23,24). The van der Waals surface area contributed by atoms with Crippen molar-refractivity contribution in [2.24, 2.45) is 0 Å². The molecular weight excluding hydrogens is 378 g/mol. The number of carbonyl (C=O) groups excluding carboxylic acids is 1. The van der Waals surface area contributed by atoms with Crippen molar-refractivity contribution in [2.45, 2.75) is 0 Å². The molecule has 0 aliphatic carbocycles. The Kier molecular flexibility index (Phi) is 5.46. The van der Waals surface area contributed by atoms with Crippen molar-refractivity contribution in [3.63, 3.8) is 0 Å². The predicted octanol–water partition coefficient (Wildman–Crippen LogP) is 4.41. The van der Waals surface area contributed by atoms with Crippen molar-refractivity contribution >= 4 is 34.8 Å². The number of methoxy groups -OCH3 is 1. The van der Waals surface area contributed by atoms with Crippen molar-refractivity contribution in [1.29, 1.82) is 0 Å². The molecule has 1 amide bonds. The molecule has 27 heavy (non-hydrogen) atoms. The number of nitrogens with one attached hydrogen (secondary N) is 2. The van der Waals surface area contributed by atoms with E-state index in [1.54, 1.807) is 18.2 Å². The molecular formula is C18H13ClF2N4O2. The van der Waals surface area contributed by atoms with Gasteiger partial charge in [-0.15, -0.1) is 0 Å². The van der Waals surface area contributed by atoms with Crippen LogP contribution in [-0.4, -0.2) is 23.0 Å². The van der Waals surface area contributed by atoms with Gasteiger partial charge < -0.3 is 15.4 Å². The summed E-state index contributed by atoms with van der Waals surface area (Å²) in [5.41, 5.74) is 0.863. The Bertz CT molecular complexity index is 984. The van der Waals surface area contributed by atoms with Crippen LogP contribution in [0.5, 0.6) is 5.75 Å². The number of ether oxygens (including phenoxy) is 1. The van der Waals surface area contributed by atoms with Gasteiger partial charge in [0.15, 0.2) is 11.6 Å². The van der Waals surface area contributed by atoms with Crippen LogP contribution in [0.25, 0.3) is 0 Å². The Morgan fingerprint density at radius 2 is 1.81 bits per heavy atom. The van der Waals surface area contributed by atoms with E-state index in [2.05, 4.69) is 20.6 Å². The number of amides is 1. The summed E-state index contributed by atoms with van der Waals surface area (Å²) in [4.78, 5) is 20.3. The highest BCUT2D eigenvalue weighted by Gasteiger charge is 2.12. The fourth-order valence-electron chi connectivity index (χ4n) is 2.19. The lowest BCUT2D eigenvalue weighted by atomic mass is 10.2. The summed E-state index contributed by atoms with van der Waals surface area (Å²) in [6, 6.07) is 8.12. The number of halogens is 3. The van der Waals surface area contributed by atoms with E-state index in [9.17, 15) is 13.6 Å². The van der Waals surface area contributed by atoms with Gasteiger partial charge in [0, 0.05) is 29.2 Å². The van der Waals surface area contributed by atoms with E-state index in [1.165, 1.54) is 25.6 Å². The van der Waals surface area contributed by atoms with Crippen LogP contribution in [0.15, 0.2) is 48.8 Å². The monoisotopic (exact) mass is 390 g/mol. The molecule has 3 rings (SSSR count). The van der Waals surface area contributed by atoms with Crippen LogP contribution in [0.3, 0.4) is 0 Å². The smallest absolute Gasteiger partial charge is 0.258 e. The lowest BCUT2D eigenvalue weighted by Crippen LogP contribution is -2.13. The molecule has 138 valence electrons. The van der Waals surface area contributed by atoms with Crippen molar-refractivity contribution in [3.05, 3.63) is 71.0 Å². The molecule has 2 aromatic carbocycles. The summed E-state index contributed by atoms with van der Waals surface area (Å²) >= 11 is 5.93. The highest BCUT2D eigenvalue weighted by atomic mass is 35.5. The van der Waals surface area contributed by atoms with E-state index >= 15 is 0 Å². The zero-order valence-corrected chi connectivity index (χ0v) is 14.7. The molecule has 2 N–H and O–H groups in total. The molecule has 1 aromatic heterocycles. The van der Waals surface area contributed by atoms with E-state index in [1.807, 2.05) is 0 Å². The summed E-state index contributed by atoms with van der Waals surface area (Å²) < 4.78 is 31.3. The first-order valence-electron chi connectivity index (χ1n) is 7.65. The molecule has 9 heteroatoms. The SMILES string of the molecule is COc1ccc(Cl)cc1NC(=O)c1cnc(Nc2ccc(F)c(F)c2)nc1. The number of nitrogens with zero attached hydrogens (tertiary/aromatic N) is 2. The van der Waals surface area contributed by atoms with E-state index < -0.39 is 17.5 Å². The van der Waals surface area contributed by atoms with E-state index in [-0.39, 0.29) is 17.2 Å². The second kappa shape index (κ2) is 7.96. The van der Waals surface area contributed by atoms with Crippen LogP contribution in [0.4, 0.5) is 26.1 Å². The molecule has 0 unspecified atom stereocenters. The van der Waals surface area contributed by atoms with Crippen molar-refractivity contribution in [1.82, 2.24) is 9.97 Å². The largest absolute Gasteiger partial charge is 0.495 e. The number of rotatable bonds is 5. The lowest BCUT2D eigenvalue weighted by Gasteiger charge is -2.10. The van der Waals surface area contributed by atoms with Gasteiger partial charge in [-0.05, 0) is 30.3 Å². The first-order chi connectivity index (χ1) is 13.0. The van der Waals surface area contributed by atoms with Crippen molar-refractivity contribution < 1.29 is 18.3 Å². The minimum Gasteiger partial charge on any atom is -0.495 e. The number of aromatic nitrogens is 2. The first-order valence-corrected chi connectivity index (χ1v) is 8.03. The van der Waals surface area contributed by atoms with Crippen LogP contribution >= 0.6 is 11.6 Å². The van der Waals surface area contributed by atoms with Gasteiger partial charge in [-0.1, -0.05) is 11.6 Å². The summed E-state index contributed by atoms with van der Waals surface area (Å²) in [5.74, 6) is -1.84. The quantitative estimate of drug-likeness (QED) is 0.674. The zero-order chi connectivity index (χ0) is 19.4. The van der Waals surface area contributed by atoms with Gasteiger partial charge in [-0.2, -0.15) is 0 Å². The summed E-state index contributed by atoms with van der Waals surface area (Å²) in [6.45, 7) is 0.